The molecule has 5 nitrogen and oxygen atoms in total. The van der Waals surface area contributed by atoms with E-state index in [0.717, 1.165) is 5.56 Å². The molecule has 1 atom stereocenters. The van der Waals surface area contributed by atoms with Crippen molar-refractivity contribution in [2.45, 2.75) is 13.0 Å². The molecule has 0 aliphatic carbocycles. The van der Waals surface area contributed by atoms with Gasteiger partial charge in [-0.15, -0.1) is 11.3 Å². The molecule has 2 aromatic heterocycles. The number of nitrogens with zero attached hydrogens (tertiary/aromatic N) is 1. The minimum absolute atomic E-state index is 0.0306. The molecule has 3 heterocycles. The minimum Gasteiger partial charge on any atom is -0.503 e. The molecule has 2 aromatic carbocycles. The molecule has 1 unspecified atom stereocenters. The summed E-state index contributed by atoms with van der Waals surface area (Å²) >= 11 is 7.37. The first-order valence-electron chi connectivity index (χ1n) is 9.65. The molecular weight excluding hydrogens is 453 g/mol. The number of carbonyl (C=O) groups is 2. The Morgan fingerprint density at radius 3 is 2.72 bits per heavy atom. The lowest BCUT2D eigenvalue weighted by atomic mass is 9.98. The third-order valence-electron chi connectivity index (χ3n) is 5.39. The summed E-state index contributed by atoms with van der Waals surface area (Å²) in [6, 6.07) is 12.9. The van der Waals surface area contributed by atoms with Gasteiger partial charge in [-0.3, -0.25) is 14.5 Å². The van der Waals surface area contributed by atoms with Crippen LogP contribution in [0.2, 0.25) is 5.02 Å². The van der Waals surface area contributed by atoms with E-state index in [4.69, 9.17) is 16.0 Å². The molecule has 8 heteroatoms. The molecule has 5 rings (SSSR count). The van der Waals surface area contributed by atoms with E-state index < -0.39 is 29.3 Å². The lowest BCUT2D eigenvalue weighted by Crippen LogP contribution is -2.31. The van der Waals surface area contributed by atoms with Gasteiger partial charge in [0.2, 0.25) is 5.78 Å². The molecule has 32 heavy (non-hydrogen) atoms. The molecule has 1 amide bonds. The normalized spacial score (nSPS) is 16.4. The van der Waals surface area contributed by atoms with Crippen molar-refractivity contribution in [1.29, 1.82) is 0 Å². The Morgan fingerprint density at radius 1 is 1.19 bits per heavy atom. The number of benzene rings is 2. The Hall–Kier alpha value is -3.42. The van der Waals surface area contributed by atoms with Crippen molar-refractivity contribution in [2.75, 3.05) is 4.90 Å². The van der Waals surface area contributed by atoms with Crippen LogP contribution in [0.1, 0.15) is 27.0 Å². The van der Waals surface area contributed by atoms with Gasteiger partial charge in [-0.1, -0.05) is 17.7 Å². The number of anilines is 1. The maximum absolute atomic E-state index is 14.0. The van der Waals surface area contributed by atoms with Crippen LogP contribution in [0.25, 0.3) is 11.0 Å². The number of thiophene rings is 1. The van der Waals surface area contributed by atoms with E-state index in [1.807, 2.05) is 18.4 Å². The number of furan rings is 1. The van der Waals surface area contributed by atoms with E-state index in [2.05, 4.69) is 0 Å². The van der Waals surface area contributed by atoms with E-state index in [0.29, 0.717) is 20.9 Å². The number of aliphatic hydroxyl groups is 1. The molecule has 160 valence electrons. The number of fused-ring (bicyclic) bond motifs is 1. The van der Waals surface area contributed by atoms with Gasteiger partial charge in [0.15, 0.2) is 11.5 Å². The number of ketones is 1. The van der Waals surface area contributed by atoms with Crippen LogP contribution in [0.15, 0.2) is 75.7 Å². The number of aliphatic hydroxyl groups excluding tert-OH is 1. The summed E-state index contributed by atoms with van der Waals surface area (Å²) in [4.78, 5) is 28.6. The van der Waals surface area contributed by atoms with Crippen LogP contribution in [-0.4, -0.2) is 16.8 Å². The highest BCUT2D eigenvalue weighted by Crippen LogP contribution is 2.45. The first-order chi connectivity index (χ1) is 15.3. The van der Waals surface area contributed by atoms with Gasteiger partial charge in [0, 0.05) is 21.0 Å². The van der Waals surface area contributed by atoms with E-state index in [1.54, 1.807) is 24.3 Å². The monoisotopic (exact) mass is 467 g/mol. The van der Waals surface area contributed by atoms with Crippen molar-refractivity contribution in [3.63, 3.8) is 0 Å². The average Bonchev–Trinajstić information content (AvgIpc) is 3.44. The zero-order valence-corrected chi connectivity index (χ0v) is 18.2. The summed E-state index contributed by atoms with van der Waals surface area (Å²) in [5.41, 5.74) is 1.41. The second-order valence-corrected chi connectivity index (χ2v) is 8.79. The summed E-state index contributed by atoms with van der Waals surface area (Å²) in [7, 11) is 0. The molecule has 0 radical (unpaired) electrons. The highest BCUT2D eigenvalue weighted by Gasteiger charge is 2.46. The van der Waals surface area contributed by atoms with Gasteiger partial charge in [-0.2, -0.15) is 0 Å². The largest absolute Gasteiger partial charge is 0.503 e. The van der Waals surface area contributed by atoms with Crippen LogP contribution < -0.4 is 4.90 Å². The second-order valence-electron chi connectivity index (χ2n) is 7.41. The summed E-state index contributed by atoms with van der Waals surface area (Å²) in [6.45, 7) is 1.85. The highest BCUT2D eigenvalue weighted by atomic mass is 35.5. The Kier molecular flexibility index (Phi) is 4.87. The number of hydrogen-bond acceptors (Lipinski definition) is 5. The molecule has 0 fully saturated rings. The third-order valence-corrected chi connectivity index (χ3v) is 6.70. The fourth-order valence-electron chi connectivity index (χ4n) is 3.90. The number of Topliss-reactive ketones (excluding diaryl/α,β-unsaturated/α-hetero) is 1. The van der Waals surface area contributed by atoms with E-state index in [1.165, 1.54) is 40.5 Å². The van der Waals surface area contributed by atoms with E-state index >= 15 is 0 Å². The van der Waals surface area contributed by atoms with E-state index in [9.17, 15) is 19.1 Å². The second kappa shape index (κ2) is 7.62. The first-order valence-corrected chi connectivity index (χ1v) is 10.9. The summed E-state index contributed by atoms with van der Waals surface area (Å²) in [5.74, 6) is -2.66. The van der Waals surface area contributed by atoms with Crippen molar-refractivity contribution in [2.24, 2.45) is 0 Å². The SMILES string of the molecule is Cc1ccsc1C1C(C(=O)c2cc3cc(Cl)ccc3o2)=C(O)C(=O)N1c1cccc(F)c1. The number of hydrogen-bond donors (Lipinski definition) is 1. The van der Waals surface area contributed by atoms with Crippen LogP contribution in [0.3, 0.4) is 0 Å². The number of aryl methyl sites for hydroxylation is 1. The molecule has 4 aromatic rings. The maximum atomic E-state index is 14.0. The van der Waals surface area contributed by atoms with Gasteiger partial charge >= 0.3 is 0 Å². The van der Waals surface area contributed by atoms with Gasteiger partial charge in [0.25, 0.3) is 5.91 Å². The van der Waals surface area contributed by atoms with Crippen molar-refractivity contribution < 1.29 is 23.5 Å². The fraction of sp³-hybridized carbons (Fsp3) is 0.0833. The lowest BCUT2D eigenvalue weighted by molar-refractivity contribution is -0.117. The minimum atomic E-state index is -0.923. The standard InChI is InChI=1S/C24H15ClFNO4S/c1-12-7-8-32-23(12)20-19(21(28)18-10-13-9-14(25)5-6-17(13)31-18)22(29)24(30)27(20)16-4-2-3-15(26)11-16/h2-11,20,29H,1H3. The summed E-state index contributed by atoms with van der Waals surface area (Å²) in [5, 5.41) is 13.7. The van der Waals surface area contributed by atoms with Gasteiger partial charge in [0.05, 0.1) is 5.57 Å². The van der Waals surface area contributed by atoms with Gasteiger partial charge in [0.1, 0.15) is 17.4 Å². The zero-order chi connectivity index (χ0) is 22.6. The predicted octanol–water partition coefficient (Wildman–Crippen LogP) is 6.38. The van der Waals surface area contributed by atoms with Crippen molar-refractivity contribution in [3.05, 3.63) is 98.4 Å². The highest BCUT2D eigenvalue weighted by molar-refractivity contribution is 7.10. The predicted molar refractivity (Wildman–Crippen MR) is 121 cm³/mol. The Labute approximate surface area is 191 Å². The maximum Gasteiger partial charge on any atom is 0.294 e. The summed E-state index contributed by atoms with van der Waals surface area (Å²) < 4.78 is 19.7. The molecule has 0 bridgehead atoms. The topological polar surface area (TPSA) is 70.7 Å². The zero-order valence-electron chi connectivity index (χ0n) is 16.6. The molecule has 0 saturated carbocycles. The first kappa shape index (κ1) is 20.5. The van der Waals surface area contributed by atoms with E-state index in [-0.39, 0.29) is 17.0 Å². The molecule has 1 aliphatic heterocycles. The molecule has 0 saturated heterocycles. The quantitative estimate of drug-likeness (QED) is 0.353. The van der Waals surface area contributed by atoms with Crippen LogP contribution in [0.4, 0.5) is 10.1 Å². The average molecular weight is 468 g/mol. The fourth-order valence-corrected chi connectivity index (χ4v) is 5.11. The number of halogens is 2. The Bertz CT molecular complexity index is 1440. The number of carbonyl (C=O) groups excluding carboxylic acids is 2. The smallest absolute Gasteiger partial charge is 0.294 e. The van der Waals surface area contributed by atoms with Crippen molar-refractivity contribution >= 4 is 51.3 Å². The van der Waals surface area contributed by atoms with Crippen molar-refractivity contribution in [3.8, 4) is 0 Å². The van der Waals surface area contributed by atoms with Crippen LogP contribution in [0.5, 0.6) is 0 Å². The molecule has 0 spiro atoms. The van der Waals surface area contributed by atoms with Crippen LogP contribution in [0, 0.1) is 12.7 Å². The molecule has 1 N–H and O–H groups in total. The lowest BCUT2D eigenvalue weighted by Gasteiger charge is -2.26. The Morgan fingerprint density at radius 2 is 2.00 bits per heavy atom. The van der Waals surface area contributed by atoms with Gasteiger partial charge in [-0.05, 0) is 66.4 Å². The van der Waals surface area contributed by atoms with Gasteiger partial charge < -0.3 is 9.52 Å². The third kappa shape index (κ3) is 3.21. The molecule has 1 aliphatic rings. The summed E-state index contributed by atoms with van der Waals surface area (Å²) in [6.07, 6.45) is 0. The van der Waals surface area contributed by atoms with Crippen LogP contribution in [-0.2, 0) is 4.79 Å². The van der Waals surface area contributed by atoms with Crippen molar-refractivity contribution in [1.82, 2.24) is 0 Å². The number of rotatable bonds is 4. The number of amides is 1. The van der Waals surface area contributed by atoms with Crippen LogP contribution >= 0.6 is 22.9 Å². The Balaban J connectivity index is 1.67. The molecular formula is C24H15ClFNO4S. The van der Waals surface area contributed by atoms with Gasteiger partial charge in [-0.25, -0.2) is 4.39 Å².